The van der Waals surface area contributed by atoms with Crippen molar-refractivity contribution in [3.63, 3.8) is 0 Å². The summed E-state index contributed by atoms with van der Waals surface area (Å²) in [5, 5.41) is 2.20. The molecule has 0 aliphatic carbocycles. The van der Waals surface area contributed by atoms with Crippen LogP contribution in [-0.4, -0.2) is 25.8 Å². The molecule has 1 rings (SSSR count). The Balaban J connectivity index is 2.99. The summed E-state index contributed by atoms with van der Waals surface area (Å²) in [4.78, 5) is 11.6. The fraction of sp³-hybridized carbons (Fsp3) is 0.462. The second-order valence-corrected chi connectivity index (χ2v) is 4.00. The zero-order chi connectivity index (χ0) is 14.5. The predicted octanol–water partition coefficient (Wildman–Crippen LogP) is 2.62. The minimum Gasteiger partial charge on any atom is -0.468 e. The molecular weight excluding hydrogens is 259 g/mol. The molecule has 0 saturated heterocycles. The second-order valence-electron chi connectivity index (χ2n) is 4.00. The number of hydrogen-bond acceptors (Lipinski definition) is 3. The van der Waals surface area contributed by atoms with Gasteiger partial charge in [-0.1, -0.05) is 31.2 Å². The number of halogens is 3. The lowest BCUT2D eigenvalue weighted by Crippen LogP contribution is -2.37. The first-order valence-corrected chi connectivity index (χ1v) is 5.84. The maximum atomic E-state index is 12.3. The van der Waals surface area contributed by atoms with E-state index in [2.05, 4.69) is 10.1 Å². The van der Waals surface area contributed by atoms with Gasteiger partial charge in [0.25, 0.3) is 0 Å². The number of ether oxygens (including phenoxy) is 1. The molecule has 1 N–H and O–H groups in total. The fourth-order valence-electron chi connectivity index (χ4n) is 1.79. The Kier molecular flexibility index (Phi) is 5.35. The van der Waals surface area contributed by atoms with Crippen molar-refractivity contribution in [3.05, 3.63) is 35.4 Å². The van der Waals surface area contributed by atoms with E-state index in [9.17, 15) is 18.0 Å². The van der Waals surface area contributed by atoms with Crippen molar-refractivity contribution in [1.29, 1.82) is 0 Å². The Morgan fingerprint density at radius 3 is 2.53 bits per heavy atom. The summed E-state index contributed by atoms with van der Waals surface area (Å²) in [5.41, 5.74) is 1.33. The van der Waals surface area contributed by atoms with E-state index in [1.807, 2.05) is 6.92 Å². The van der Waals surface area contributed by atoms with Gasteiger partial charge in [-0.2, -0.15) is 13.2 Å². The number of methoxy groups -OCH3 is 1. The van der Waals surface area contributed by atoms with Gasteiger partial charge in [0.05, 0.1) is 13.7 Å². The minimum absolute atomic E-state index is 0.515. The highest BCUT2D eigenvalue weighted by atomic mass is 19.4. The van der Waals surface area contributed by atoms with Gasteiger partial charge in [0.2, 0.25) is 0 Å². The quantitative estimate of drug-likeness (QED) is 0.839. The Morgan fingerprint density at radius 2 is 2.00 bits per heavy atom. The van der Waals surface area contributed by atoms with E-state index >= 15 is 0 Å². The number of hydrogen-bond donors (Lipinski definition) is 1. The molecule has 0 saturated carbocycles. The summed E-state index contributed by atoms with van der Waals surface area (Å²) in [6, 6.07) is 5.76. The molecule has 1 atom stereocenters. The van der Waals surface area contributed by atoms with E-state index in [1.54, 1.807) is 24.3 Å². The molecule has 0 heterocycles. The highest BCUT2D eigenvalue weighted by molar-refractivity contribution is 5.78. The maximum absolute atomic E-state index is 12.3. The average Bonchev–Trinajstić information content (AvgIpc) is 2.37. The summed E-state index contributed by atoms with van der Waals surface area (Å²) in [7, 11) is 1.15. The molecule has 106 valence electrons. The van der Waals surface area contributed by atoms with Crippen LogP contribution >= 0.6 is 0 Å². The number of benzene rings is 1. The third kappa shape index (κ3) is 4.55. The molecule has 6 heteroatoms. The molecule has 0 bridgehead atoms. The lowest BCUT2D eigenvalue weighted by atomic mass is 9.98. The first kappa shape index (κ1) is 15.5. The minimum atomic E-state index is -4.38. The molecule has 0 spiro atoms. The van der Waals surface area contributed by atoms with Crippen molar-refractivity contribution in [1.82, 2.24) is 5.32 Å². The van der Waals surface area contributed by atoms with E-state index in [1.165, 1.54) is 0 Å². The monoisotopic (exact) mass is 275 g/mol. The van der Waals surface area contributed by atoms with Gasteiger partial charge in [-0.05, 0) is 17.5 Å². The molecular formula is C13H16F3NO2. The third-order valence-electron chi connectivity index (χ3n) is 2.69. The summed E-state index contributed by atoms with van der Waals surface area (Å²) < 4.78 is 41.4. The SMILES string of the molecule is CCc1ccccc1C(NCC(F)(F)F)C(=O)OC. The highest BCUT2D eigenvalue weighted by Gasteiger charge is 2.31. The fourth-order valence-corrected chi connectivity index (χ4v) is 1.79. The first-order valence-electron chi connectivity index (χ1n) is 5.84. The summed E-state index contributed by atoms with van der Waals surface area (Å²) in [6.07, 6.45) is -3.76. The molecule has 0 aromatic heterocycles. The number of carbonyl (C=O) groups excluding carboxylic acids is 1. The van der Waals surface area contributed by atoms with E-state index in [0.29, 0.717) is 12.0 Å². The van der Waals surface area contributed by atoms with E-state index < -0.39 is 24.7 Å². The zero-order valence-corrected chi connectivity index (χ0v) is 10.8. The van der Waals surface area contributed by atoms with Gasteiger partial charge in [-0.15, -0.1) is 0 Å². The Bertz CT molecular complexity index is 432. The van der Waals surface area contributed by atoms with Gasteiger partial charge in [-0.3, -0.25) is 5.32 Å². The standard InChI is InChI=1S/C13H16F3NO2/c1-3-9-6-4-5-7-10(9)11(12(18)19-2)17-8-13(14,15)16/h4-7,11,17H,3,8H2,1-2H3. The van der Waals surface area contributed by atoms with Crippen LogP contribution in [0.4, 0.5) is 13.2 Å². The number of aryl methyl sites for hydroxylation is 1. The van der Waals surface area contributed by atoms with Crippen LogP contribution in [0.2, 0.25) is 0 Å². The number of esters is 1. The molecule has 1 aromatic rings. The number of rotatable bonds is 5. The van der Waals surface area contributed by atoms with Crippen molar-refractivity contribution >= 4 is 5.97 Å². The van der Waals surface area contributed by atoms with Gasteiger partial charge in [0.1, 0.15) is 6.04 Å². The van der Waals surface area contributed by atoms with Crippen LogP contribution in [0.1, 0.15) is 24.1 Å². The lowest BCUT2D eigenvalue weighted by molar-refractivity contribution is -0.146. The van der Waals surface area contributed by atoms with E-state index in [4.69, 9.17) is 0 Å². The second kappa shape index (κ2) is 6.56. The van der Waals surface area contributed by atoms with Crippen LogP contribution in [0, 0.1) is 0 Å². The molecule has 3 nitrogen and oxygen atoms in total. The third-order valence-corrected chi connectivity index (χ3v) is 2.69. The van der Waals surface area contributed by atoms with Crippen LogP contribution < -0.4 is 5.32 Å². The molecule has 0 fully saturated rings. The largest absolute Gasteiger partial charge is 0.468 e. The van der Waals surface area contributed by atoms with Crippen molar-refractivity contribution < 1.29 is 22.7 Å². The Labute approximate surface area is 109 Å². The first-order chi connectivity index (χ1) is 8.89. The van der Waals surface area contributed by atoms with Crippen molar-refractivity contribution in [2.45, 2.75) is 25.6 Å². The van der Waals surface area contributed by atoms with Gasteiger partial charge >= 0.3 is 12.1 Å². The number of nitrogens with one attached hydrogen (secondary N) is 1. The van der Waals surface area contributed by atoms with Gasteiger partial charge in [0.15, 0.2) is 0 Å². The zero-order valence-electron chi connectivity index (χ0n) is 10.8. The smallest absolute Gasteiger partial charge is 0.401 e. The maximum Gasteiger partial charge on any atom is 0.401 e. The topological polar surface area (TPSA) is 38.3 Å². The number of carbonyl (C=O) groups is 1. The van der Waals surface area contributed by atoms with Crippen LogP contribution in [0.3, 0.4) is 0 Å². The highest BCUT2D eigenvalue weighted by Crippen LogP contribution is 2.22. The summed E-state index contributed by atoms with van der Waals surface area (Å²) in [6.45, 7) is 0.627. The normalized spacial score (nSPS) is 13.1. The van der Waals surface area contributed by atoms with Crippen molar-refractivity contribution in [2.75, 3.05) is 13.7 Å². The van der Waals surface area contributed by atoms with Crippen LogP contribution in [0.5, 0.6) is 0 Å². The van der Waals surface area contributed by atoms with Crippen LogP contribution in [-0.2, 0) is 16.0 Å². The average molecular weight is 275 g/mol. The van der Waals surface area contributed by atoms with Crippen molar-refractivity contribution in [2.24, 2.45) is 0 Å². The van der Waals surface area contributed by atoms with Crippen molar-refractivity contribution in [3.8, 4) is 0 Å². The Morgan fingerprint density at radius 1 is 1.37 bits per heavy atom. The molecule has 19 heavy (non-hydrogen) atoms. The van der Waals surface area contributed by atoms with Gasteiger partial charge < -0.3 is 4.74 Å². The molecule has 0 radical (unpaired) electrons. The van der Waals surface area contributed by atoms with Gasteiger partial charge in [-0.25, -0.2) is 4.79 Å². The summed E-state index contributed by atoms with van der Waals surface area (Å²) in [5.74, 6) is -0.731. The molecule has 1 aromatic carbocycles. The molecule has 0 amide bonds. The molecule has 0 aliphatic heterocycles. The van der Waals surface area contributed by atoms with E-state index in [0.717, 1.165) is 12.7 Å². The van der Waals surface area contributed by atoms with Gasteiger partial charge in [0, 0.05) is 0 Å². The molecule has 1 unspecified atom stereocenters. The summed E-state index contributed by atoms with van der Waals surface area (Å²) >= 11 is 0. The lowest BCUT2D eigenvalue weighted by Gasteiger charge is -2.20. The number of alkyl halides is 3. The molecule has 0 aliphatic rings. The van der Waals surface area contributed by atoms with Crippen LogP contribution in [0.25, 0.3) is 0 Å². The van der Waals surface area contributed by atoms with Crippen LogP contribution in [0.15, 0.2) is 24.3 Å². The predicted molar refractivity (Wildman–Crippen MR) is 64.6 cm³/mol. The Hall–Kier alpha value is -1.56. The van der Waals surface area contributed by atoms with E-state index in [-0.39, 0.29) is 0 Å².